The van der Waals surface area contributed by atoms with E-state index in [-0.39, 0.29) is 11.3 Å². The number of hydrogen-bond donors (Lipinski definition) is 2. The van der Waals surface area contributed by atoms with Crippen LogP contribution in [0.1, 0.15) is 11.1 Å². The minimum absolute atomic E-state index is 0.0509. The third kappa shape index (κ3) is 3.36. The Labute approximate surface area is 101 Å². The Kier molecular flexibility index (Phi) is 4.18. The van der Waals surface area contributed by atoms with Gasteiger partial charge < -0.3 is 15.6 Å². The van der Waals surface area contributed by atoms with Gasteiger partial charge in [0.1, 0.15) is 11.8 Å². The summed E-state index contributed by atoms with van der Waals surface area (Å²) < 4.78 is 43.0. The van der Waals surface area contributed by atoms with Crippen LogP contribution in [0.25, 0.3) is 0 Å². The van der Waals surface area contributed by atoms with Gasteiger partial charge >= 0.3 is 12.1 Å². The smallest absolute Gasteiger partial charge is 0.416 e. The number of benzene rings is 1. The van der Waals surface area contributed by atoms with Crippen LogP contribution in [0.5, 0.6) is 5.75 Å². The summed E-state index contributed by atoms with van der Waals surface area (Å²) in [6.45, 7) is 0. The lowest BCUT2D eigenvalue weighted by Gasteiger charge is -2.15. The Morgan fingerprint density at radius 2 is 2.11 bits per heavy atom. The number of nitrogens with two attached hydrogens (primary N) is 1. The molecule has 0 radical (unpaired) electrons. The molecule has 0 amide bonds. The fourth-order valence-corrected chi connectivity index (χ4v) is 1.45. The number of rotatable bonds is 4. The normalized spacial score (nSPS) is 13.2. The molecule has 4 nitrogen and oxygen atoms in total. The maximum Gasteiger partial charge on any atom is 0.416 e. The maximum absolute atomic E-state index is 12.8. The van der Waals surface area contributed by atoms with Crippen molar-refractivity contribution in [3.05, 3.63) is 29.3 Å². The predicted molar refractivity (Wildman–Crippen MR) is 57.3 cm³/mol. The van der Waals surface area contributed by atoms with Crippen molar-refractivity contribution in [1.82, 2.24) is 0 Å². The van der Waals surface area contributed by atoms with Crippen molar-refractivity contribution in [2.24, 2.45) is 5.73 Å². The van der Waals surface area contributed by atoms with Gasteiger partial charge in [0.05, 0.1) is 12.7 Å². The Hall–Kier alpha value is -1.76. The van der Waals surface area contributed by atoms with Gasteiger partial charge in [-0.05, 0) is 24.1 Å². The van der Waals surface area contributed by atoms with Crippen molar-refractivity contribution in [1.29, 1.82) is 0 Å². The van der Waals surface area contributed by atoms with Crippen molar-refractivity contribution < 1.29 is 27.8 Å². The molecule has 0 saturated carbocycles. The molecule has 1 aromatic rings. The van der Waals surface area contributed by atoms with Gasteiger partial charge in [0.15, 0.2) is 0 Å². The molecule has 1 atom stereocenters. The predicted octanol–water partition coefficient (Wildman–Crippen LogP) is 1.67. The highest BCUT2D eigenvalue weighted by Gasteiger charge is 2.34. The summed E-state index contributed by atoms with van der Waals surface area (Å²) in [6, 6.07) is 1.95. The van der Waals surface area contributed by atoms with Crippen LogP contribution in [0.3, 0.4) is 0 Å². The highest BCUT2D eigenvalue weighted by molar-refractivity contribution is 5.73. The number of hydrogen-bond acceptors (Lipinski definition) is 3. The molecule has 0 saturated heterocycles. The molecular weight excluding hydrogens is 251 g/mol. The van der Waals surface area contributed by atoms with Crippen LogP contribution in [0.15, 0.2) is 18.2 Å². The zero-order valence-electron chi connectivity index (χ0n) is 9.49. The number of carboxylic acid groups (broad SMARTS) is 1. The molecule has 0 aliphatic rings. The molecule has 0 heterocycles. The van der Waals surface area contributed by atoms with E-state index in [1.807, 2.05) is 0 Å². The van der Waals surface area contributed by atoms with E-state index in [2.05, 4.69) is 0 Å². The molecule has 0 fully saturated rings. The lowest BCUT2D eigenvalue weighted by Crippen LogP contribution is -2.33. The third-order valence-corrected chi connectivity index (χ3v) is 2.38. The minimum Gasteiger partial charge on any atom is -0.497 e. The highest BCUT2D eigenvalue weighted by atomic mass is 19.4. The molecule has 100 valence electrons. The standard InChI is InChI=1S/C11H12F3NO3/c1-18-7-3-2-6(4-9(15)10(16)17)8(5-7)11(12,13)14/h2-3,5,9H,4,15H2,1H3,(H,16,17). The zero-order valence-corrected chi connectivity index (χ0v) is 9.49. The highest BCUT2D eigenvalue weighted by Crippen LogP contribution is 2.34. The second-order valence-corrected chi connectivity index (χ2v) is 3.67. The lowest BCUT2D eigenvalue weighted by atomic mass is 10.00. The molecule has 7 heteroatoms. The summed E-state index contributed by atoms with van der Waals surface area (Å²) in [5.74, 6) is -1.30. The molecular formula is C11H12F3NO3. The lowest BCUT2D eigenvalue weighted by molar-refractivity contribution is -0.140. The summed E-state index contributed by atoms with van der Waals surface area (Å²) in [5, 5.41) is 8.61. The van der Waals surface area contributed by atoms with Gasteiger partial charge in [-0.25, -0.2) is 0 Å². The fourth-order valence-electron chi connectivity index (χ4n) is 1.45. The number of methoxy groups -OCH3 is 1. The van der Waals surface area contributed by atoms with Crippen LogP contribution in [0, 0.1) is 0 Å². The topological polar surface area (TPSA) is 72.5 Å². The number of ether oxygens (including phenoxy) is 1. The van der Waals surface area contributed by atoms with Gasteiger partial charge in [0.25, 0.3) is 0 Å². The maximum atomic E-state index is 12.8. The first kappa shape index (κ1) is 14.3. The van der Waals surface area contributed by atoms with Crippen LogP contribution < -0.4 is 10.5 Å². The van der Waals surface area contributed by atoms with E-state index < -0.39 is 30.2 Å². The van der Waals surface area contributed by atoms with Crippen LogP contribution in [-0.4, -0.2) is 24.2 Å². The number of carbonyl (C=O) groups is 1. The minimum atomic E-state index is -4.58. The second kappa shape index (κ2) is 5.26. The van der Waals surface area contributed by atoms with Crippen LogP contribution in [0.2, 0.25) is 0 Å². The fraction of sp³-hybridized carbons (Fsp3) is 0.364. The average Bonchev–Trinajstić information content (AvgIpc) is 2.27. The summed E-state index contributed by atoms with van der Waals surface area (Å²) in [7, 11) is 1.25. The molecule has 18 heavy (non-hydrogen) atoms. The van der Waals surface area contributed by atoms with E-state index in [0.29, 0.717) is 0 Å². The summed E-state index contributed by atoms with van der Waals surface area (Å²) >= 11 is 0. The second-order valence-electron chi connectivity index (χ2n) is 3.67. The number of aliphatic carboxylic acids is 1. The average molecular weight is 263 g/mol. The van der Waals surface area contributed by atoms with E-state index in [9.17, 15) is 18.0 Å². The van der Waals surface area contributed by atoms with Crippen LogP contribution in [0.4, 0.5) is 13.2 Å². The Morgan fingerprint density at radius 1 is 1.50 bits per heavy atom. The summed E-state index contributed by atoms with van der Waals surface area (Å²) in [4.78, 5) is 10.6. The first-order chi connectivity index (χ1) is 8.25. The van der Waals surface area contributed by atoms with Gasteiger partial charge in [-0.15, -0.1) is 0 Å². The number of halogens is 3. The molecule has 0 aliphatic heterocycles. The first-order valence-electron chi connectivity index (χ1n) is 4.98. The molecule has 1 aromatic carbocycles. The van der Waals surface area contributed by atoms with Crippen molar-refractivity contribution in [2.45, 2.75) is 18.6 Å². The SMILES string of the molecule is COc1ccc(CC(N)C(=O)O)c(C(F)(F)F)c1. The van der Waals surface area contributed by atoms with Crippen molar-refractivity contribution in [3.8, 4) is 5.75 Å². The summed E-state index contributed by atoms with van der Waals surface area (Å²) in [5.41, 5.74) is 4.13. The van der Waals surface area contributed by atoms with Gasteiger partial charge in [-0.2, -0.15) is 13.2 Å². The van der Waals surface area contributed by atoms with Crippen molar-refractivity contribution in [3.63, 3.8) is 0 Å². The van der Waals surface area contributed by atoms with E-state index in [1.54, 1.807) is 0 Å². The van der Waals surface area contributed by atoms with Gasteiger partial charge in [-0.3, -0.25) is 4.79 Å². The largest absolute Gasteiger partial charge is 0.497 e. The quantitative estimate of drug-likeness (QED) is 0.866. The van der Waals surface area contributed by atoms with Crippen molar-refractivity contribution >= 4 is 5.97 Å². The number of carboxylic acids is 1. The van der Waals surface area contributed by atoms with Crippen LogP contribution >= 0.6 is 0 Å². The van der Waals surface area contributed by atoms with E-state index in [4.69, 9.17) is 15.6 Å². The van der Waals surface area contributed by atoms with E-state index >= 15 is 0 Å². The molecule has 0 aliphatic carbocycles. The zero-order chi connectivity index (χ0) is 13.9. The Bertz CT molecular complexity index is 446. The molecule has 1 unspecified atom stereocenters. The molecule has 3 N–H and O–H groups in total. The van der Waals surface area contributed by atoms with Crippen LogP contribution in [-0.2, 0) is 17.4 Å². The number of alkyl halides is 3. The summed E-state index contributed by atoms with van der Waals surface area (Å²) in [6.07, 6.45) is -4.98. The van der Waals surface area contributed by atoms with E-state index in [1.165, 1.54) is 19.2 Å². The monoisotopic (exact) mass is 263 g/mol. The molecule has 0 aromatic heterocycles. The third-order valence-electron chi connectivity index (χ3n) is 2.38. The first-order valence-corrected chi connectivity index (χ1v) is 4.98. The Balaban J connectivity index is 3.14. The van der Waals surface area contributed by atoms with Gasteiger partial charge in [-0.1, -0.05) is 6.07 Å². The van der Waals surface area contributed by atoms with E-state index in [0.717, 1.165) is 6.07 Å². The molecule has 0 bridgehead atoms. The Morgan fingerprint density at radius 3 is 2.56 bits per heavy atom. The van der Waals surface area contributed by atoms with Gasteiger partial charge in [0.2, 0.25) is 0 Å². The van der Waals surface area contributed by atoms with Crippen molar-refractivity contribution in [2.75, 3.05) is 7.11 Å². The molecule has 1 rings (SSSR count). The molecule has 0 spiro atoms. The van der Waals surface area contributed by atoms with Gasteiger partial charge in [0, 0.05) is 0 Å².